The van der Waals surface area contributed by atoms with Crippen LogP contribution in [0.4, 0.5) is 4.39 Å². The van der Waals surface area contributed by atoms with Gasteiger partial charge in [-0.05, 0) is 68.9 Å². The molecule has 1 saturated heterocycles. The lowest BCUT2D eigenvalue weighted by molar-refractivity contribution is 0.0958. The van der Waals surface area contributed by atoms with Gasteiger partial charge in [0.1, 0.15) is 5.82 Å². The van der Waals surface area contributed by atoms with Crippen molar-refractivity contribution in [1.29, 1.82) is 0 Å². The summed E-state index contributed by atoms with van der Waals surface area (Å²) >= 11 is 0. The van der Waals surface area contributed by atoms with E-state index in [0.717, 1.165) is 31.5 Å². The standard InChI is InChI=1S/C16H25FN2/c1-3-8-19-9-4-5-14(11-18)16(19)13-7-6-12(2)15(17)10-13/h6-7,10,14,16H,3-5,8-9,11,18H2,1-2H3. The second-order valence-electron chi connectivity index (χ2n) is 5.63. The van der Waals surface area contributed by atoms with Crippen molar-refractivity contribution < 1.29 is 4.39 Å². The predicted molar refractivity (Wildman–Crippen MR) is 77.5 cm³/mol. The number of benzene rings is 1. The van der Waals surface area contributed by atoms with Gasteiger partial charge in [-0.1, -0.05) is 19.1 Å². The highest BCUT2D eigenvalue weighted by Crippen LogP contribution is 2.36. The molecule has 1 aromatic carbocycles. The zero-order valence-corrected chi connectivity index (χ0v) is 12.0. The molecule has 2 unspecified atom stereocenters. The van der Waals surface area contributed by atoms with Gasteiger partial charge in [0, 0.05) is 6.04 Å². The number of nitrogens with zero attached hydrogens (tertiary/aromatic N) is 1. The highest BCUT2D eigenvalue weighted by Gasteiger charge is 2.31. The molecular formula is C16H25FN2. The van der Waals surface area contributed by atoms with Crippen molar-refractivity contribution in [2.24, 2.45) is 11.7 Å². The van der Waals surface area contributed by atoms with Crippen molar-refractivity contribution >= 4 is 0 Å². The van der Waals surface area contributed by atoms with Gasteiger partial charge in [-0.25, -0.2) is 4.39 Å². The van der Waals surface area contributed by atoms with E-state index in [2.05, 4.69) is 17.9 Å². The molecule has 19 heavy (non-hydrogen) atoms. The first-order valence-corrected chi connectivity index (χ1v) is 7.37. The van der Waals surface area contributed by atoms with Gasteiger partial charge >= 0.3 is 0 Å². The number of halogens is 1. The molecule has 0 radical (unpaired) electrons. The van der Waals surface area contributed by atoms with E-state index >= 15 is 0 Å². The SMILES string of the molecule is CCCN1CCCC(CN)C1c1ccc(C)c(F)c1. The molecular weight excluding hydrogens is 239 g/mol. The smallest absolute Gasteiger partial charge is 0.126 e. The first-order chi connectivity index (χ1) is 9.17. The Hall–Kier alpha value is -0.930. The molecule has 0 aromatic heterocycles. The average molecular weight is 264 g/mol. The number of aryl methyl sites for hydroxylation is 1. The van der Waals surface area contributed by atoms with E-state index in [4.69, 9.17) is 5.73 Å². The number of hydrogen-bond acceptors (Lipinski definition) is 2. The van der Waals surface area contributed by atoms with Gasteiger partial charge in [0.15, 0.2) is 0 Å². The number of nitrogens with two attached hydrogens (primary N) is 1. The lowest BCUT2D eigenvalue weighted by Gasteiger charge is -2.41. The zero-order chi connectivity index (χ0) is 13.8. The minimum atomic E-state index is -0.102. The number of likely N-dealkylation sites (tertiary alicyclic amines) is 1. The van der Waals surface area contributed by atoms with E-state index in [9.17, 15) is 4.39 Å². The molecule has 2 N–H and O–H groups in total. The molecule has 2 nitrogen and oxygen atoms in total. The topological polar surface area (TPSA) is 29.3 Å². The molecule has 0 spiro atoms. The van der Waals surface area contributed by atoms with Gasteiger partial charge in [-0.3, -0.25) is 4.90 Å². The molecule has 106 valence electrons. The summed E-state index contributed by atoms with van der Waals surface area (Å²) in [5, 5.41) is 0. The number of hydrogen-bond donors (Lipinski definition) is 1. The van der Waals surface area contributed by atoms with E-state index in [-0.39, 0.29) is 11.9 Å². The number of piperidine rings is 1. The largest absolute Gasteiger partial charge is 0.330 e. The fraction of sp³-hybridized carbons (Fsp3) is 0.625. The molecule has 0 saturated carbocycles. The first kappa shape index (κ1) is 14.5. The van der Waals surface area contributed by atoms with Gasteiger partial charge in [0.25, 0.3) is 0 Å². The van der Waals surface area contributed by atoms with Crippen LogP contribution in [0, 0.1) is 18.7 Å². The number of rotatable bonds is 4. The van der Waals surface area contributed by atoms with Gasteiger partial charge in [-0.15, -0.1) is 0 Å². The normalized spacial score (nSPS) is 24.6. The molecule has 1 aliphatic rings. The molecule has 1 heterocycles. The quantitative estimate of drug-likeness (QED) is 0.904. The highest BCUT2D eigenvalue weighted by molar-refractivity contribution is 5.27. The van der Waals surface area contributed by atoms with E-state index in [1.54, 1.807) is 6.07 Å². The summed E-state index contributed by atoms with van der Waals surface area (Å²) in [5.74, 6) is 0.345. The minimum Gasteiger partial charge on any atom is -0.330 e. The Morgan fingerprint density at radius 1 is 1.42 bits per heavy atom. The van der Waals surface area contributed by atoms with Crippen LogP contribution in [-0.4, -0.2) is 24.5 Å². The zero-order valence-electron chi connectivity index (χ0n) is 12.0. The van der Waals surface area contributed by atoms with Crippen molar-refractivity contribution in [3.05, 3.63) is 35.1 Å². The lowest BCUT2D eigenvalue weighted by Crippen LogP contribution is -2.42. The maximum absolute atomic E-state index is 13.8. The summed E-state index contributed by atoms with van der Waals surface area (Å²) in [6, 6.07) is 5.95. The van der Waals surface area contributed by atoms with Crippen LogP contribution in [0.3, 0.4) is 0 Å². The maximum Gasteiger partial charge on any atom is 0.126 e. The van der Waals surface area contributed by atoms with Crippen LogP contribution in [0.2, 0.25) is 0 Å². The predicted octanol–water partition coefficient (Wildman–Crippen LogP) is 3.26. The molecule has 2 atom stereocenters. The van der Waals surface area contributed by atoms with Crippen LogP contribution in [0.25, 0.3) is 0 Å². The molecule has 1 fully saturated rings. The second-order valence-corrected chi connectivity index (χ2v) is 5.63. The van der Waals surface area contributed by atoms with E-state index in [1.165, 1.54) is 6.42 Å². The van der Waals surface area contributed by atoms with Gasteiger partial charge in [0.05, 0.1) is 0 Å². The molecule has 2 rings (SSSR count). The fourth-order valence-electron chi connectivity index (χ4n) is 3.21. The Labute approximate surface area is 115 Å². The summed E-state index contributed by atoms with van der Waals surface area (Å²) in [6.07, 6.45) is 3.48. The summed E-state index contributed by atoms with van der Waals surface area (Å²) in [6.45, 7) is 6.85. The van der Waals surface area contributed by atoms with Crippen LogP contribution in [0.1, 0.15) is 43.4 Å². The van der Waals surface area contributed by atoms with Crippen molar-refractivity contribution in [2.75, 3.05) is 19.6 Å². The maximum atomic E-state index is 13.8. The lowest BCUT2D eigenvalue weighted by atomic mass is 9.84. The van der Waals surface area contributed by atoms with E-state index < -0.39 is 0 Å². The Kier molecular flexibility index (Phi) is 4.94. The molecule has 1 aromatic rings. The molecule has 0 amide bonds. The van der Waals surface area contributed by atoms with Crippen LogP contribution in [0.5, 0.6) is 0 Å². The van der Waals surface area contributed by atoms with Gasteiger partial charge < -0.3 is 5.73 Å². The van der Waals surface area contributed by atoms with Gasteiger partial charge in [0.2, 0.25) is 0 Å². The third kappa shape index (κ3) is 3.15. The first-order valence-electron chi connectivity index (χ1n) is 7.37. The van der Waals surface area contributed by atoms with E-state index in [1.807, 2.05) is 13.0 Å². The van der Waals surface area contributed by atoms with Crippen molar-refractivity contribution in [3.8, 4) is 0 Å². The highest BCUT2D eigenvalue weighted by atomic mass is 19.1. The molecule has 0 bridgehead atoms. The summed E-state index contributed by atoms with van der Waals surface area (Å²) in [4.78, 5) is 2.48. The Morgan fingerprint density at radius 2 is 2.21 bits per heavy atom. The van der Waals surface area contributed by atoms with Crippen LogP contribution >= 0.6 is 0 Å². The van der Waals surface area contributed by atoms with Crippen molar-refractivity contribution in [3.63, 3.8) is 0 Å². The van der Waals surface area contributed by atoms with Crippen LogP contribution in [-0.2, 0) is 0 Å². The Balaban J connectivity index is 2.30. The fourth-order valence-corrected chi connectivity index (χ4v) is 3.21. The molecule has 1 aliphatic heterocycles. The van der Waals surface area contributed by atoms with Crippen molar-refractivity contribution in [1.82, 2.24) is 4.90 Å². The minimum absolute atomic E-state index is 0.102. The third-order valence-corrected chi connectivity index (χ3v) is 4.21. The molecule has 3 heteroatoms. The summed E-state index contributed by atoms with van der Waals surface area (Å²) in [7, 11) is 0. The molecule has 0 aliphatic carbocycles. The van der Waals surface area contributed by atoms with Gasteiger partial charge in [-0.2, -0.15) is 0 Å². The average Bonchev–Trinajstić information content (AvgIpc) is 2.42. The van der Waals surface area contributed by atoms with Crippen LogP contribution < -0.4 is 5.73 Å². The van der Waals surface area contributed by atoms with E-state index in [0.29, 0.717) is 18.0 Å². The summed E-state index contributed by atoms with van der Waals surface area (Å²) in [5.41, 5.74) is 7.74. The second kappa shape index (κ2) is 6.49. The summed E-state index contributed by atoms with van der Waals surface area (Å²) < 4.78 is 13.8. The van der Waals surface area contributed by atoms with Crippen LogP contribution in [0.15, 0.2) is 18.2 Å². The third-order valence-electron chi connectivity index (χ3n) is 4.21. The monoisotopic (exact) mass is 264 g/mol. The Morgan fingerprint density at radius 3 is 2.84 bits per heavy atom. The Bertz CT molecular complexity index is 417. The van der Waals surface area contributed by atoms with Crippen molar-refractivity contribution in [2.45, 2.75) is 39.2 Å².